The van der Waals surface area contributed by atoms with Crippen molar-refractivity contribution in [3.8, 4) is 0 Å². The smallest absolute Gasteiger partial charge is 0.446 e. The summed E-state index contributed by atoms with van der Waals surface area (Å²) >= 11 is 6.33. The minimum absolute atomic E-state index is 0.0359. The fourth-order valence-electron chi connectivity index (χ4n) is 5.66. The van der Waals surface area contributed by atoms with E-state index in [2.05, 4.69) is 15.6 Å². The average Bonchev–Trinajstić information content (AvgIpc) is 3.46. The van der Waals surface area contributed by atoms with Gasteiger partial charge in [0.1, 0.15) is 18.0 Å². The lowest BCUT2D eigenvalue weighted by atomic mass is 9.88. The highest BCUT2D eigenvalue weighted by Crippen LogP contribution is 2.42. The van der Waals surface area contributed by atoms with E-state index in [1.807, 2.05) is 0 Å². The largest absolute Gasteiger partial charge is 0.449 e. The highest BCUT2D eigenvalue weighted by Gasteiger charge is 2.44. The molecule has 2 fully saturated rings. The number of nitrogens with zero attached hydrogens (tertiary/aromatic N) is 3. The maximum atomic E-state index is 15.4. The molecule has 42 heavy (non-hydrogen) atoms. The van der Waals surface area contributed by atoms with Gasteiger partial charge < -0.3 is 19.5 Å². The number of aromatic nitrogens is 2. The second kappa shape index (κ2) is 10.3. The number of nitrogens with one attached hydrogen (secondary N) is 2. The van der Waals surface area contributed by atoms with E-state index >= 15 is 4.39 Å². The van der Waals surface area contributed by atoms with E-state index in [0.717, 1.165) is 9.47 Å². The zero-order chi connectivity index (χ0) is 29.9. The van der Waals surface area contributed by atoms with Crippen LogP contribution in [0.1, 0.15) is 59.0 Å². The Balaban J connectivity index is 1.09. The van der Waals surface area contributed by atoms with Crippen molar-refractivity contribution in [2.75, 3.05) is 0 Å². The van der Waals surface area contributed by atoms with Crippen molar-refractivity contribution < 1.29 is 41.5 Å². The lowest BCUT2D eigenvalue weighted by molar-refractivity contribution is -0.149. The van der Waals surface area contributed by atoms with Crippen molar-refractivity contribution in [3.63, 3.8) is 0 Å². The summed E-state index contributed by atoms with van der Waals surface area (Å²) in [4.78, 5) is 54.1. The van der Waals surface area contributed by atoms with Gasteiger partial charge >= 0.3 is 12.3 Å². The predicted molar refractivity (Wildman–Crippen MR) is 138 cm³/mol. The molecule has 10 nitrogen and oxygen atoms in total. The number of halogens is 5. The molecule has 4 amide bonds. The number of alkyl carbamates (subject to hydrolysis) is 1. The van der Waals surface area contributed by atoms with Gasteiger partial charge in [0.2, 0.25) is 17.6 Å². The number of piperidine rings is 1. The third kappa shape index (κ3) is 4.82. The van der Waals surface area contributed by atoms with Crippen LogP contribution < -0.4 is 10.6 Å². The minimum atomic E-state index is -4.66. The molecule has 2 aliphatic heterocycles. The van der Waals surface area contributed by atoms with E-state index < -0.39 is 59.8 Å². The van der Waals surface area contributed by atoms with Crippen LogP contribution in [0.25, 0.3) is 11.0 Å². The standard InChI is InChI=1S/C27H22ClF4N5O5/c28-16-7-12(22(29)21-15(16)11-36(24(21)40)19-5-6-20(38)35-23(19)39)10-33-26(41)42-14-8-13(9-14)37-18-4-2-1-3-17(18)34-25(37)27(30,31)32/h1-4,7,13-14,19H,5-6,8-11H2,(H,33,41)(H,35,38,39). The van der Waals surface area contributed by atoms with Gasteiger partial charge in [0, 0.05) is 54.5 Å². The fraction of sp³-hybridized carbons (Fsp3) is 0.370. The van der Waals surface area contributed by atoms with E-state index in [4.69, 9.17) is 16.3 Å². The van der Waals surface area contributed by atoms with Crippen molar-refractivity contribution in [2.24, 2.45) is 0 Å². The SMILES string of the molecule is O=C1CCC(N2Cc3c(Cl)cc(CNC(=O)OC4CC(n5c(C(F)(F)F)nc6ccccc65)C4)c(F)c3C2=O)C(=O)N1. The third-order valence-electron chi connectivity index (χ3n) is 7.76. The first-order valence-corrected chi connectivity index (χ1v) is 13.4. The number of hydrogen-bond donors (Lipinski definition) is 2. The molecule has 2 aromatic carbocycles. The number of ether oxygens (including phenoxy) is 1. The Labute approximate surface area is 239 Å². The molecule has 0 radical (unpaired) electrons. The number of benzene rings is 2. The van der Waals surface area contributed by atoms with Crippen LogP contribution in [0, 0.1) is 5.82 Å². The zero-order valence-corrected chi connectivity index (χ0v) is 22.4. The van der Waals surface area contributed by atoms with Crippen LogP contribution in [-0.4, -0.2) is 50.4 Å². The quantitative estimate of drug-likeness (QED) is 0.331. The topological polar surface area (TPSA) is 123 Å². The molecule has 1 aliphatic carbocycles. The first kappa shape index (κ1) is 27.9. The van der Waals surface area contributed by atoms with Crippen LogP contribution in [0.4, 0.5) is 22.4 Å². The Morgan fingerprint density at radius 3 is 2.64 bits per heavy atom. The summed E-state index contributed by atoms with van der Waals surface area (Å²) in [6.45, 7) is -0.499. The monoisotopic (exact) mass is 607 g/mol. The molecule has 6 rings (SSSR count). The molecule has 220 valence electrons. The van der Waals surface area contributed by atoms with Crippen molar-refractivity contribution in [2.45, 2.75) is 63.1 Å². The molecule has 1 unspecified atom stereocenters. The van der Waals surface area contributed by atoms with E-state index in [0.29, 0.717) is 5.52 Å². The summed E-state index contributed by atoms with van der Waals surface area (Å²) in [5.41, 5.74) is 0.321. The summed E-state index contributed by atoms with van der Waals surface area (Å²) < 4.78 is 62.7. The second-order valence-corrected chi connectivity index (χ2v) is 10.8. The maximum Gasteiger partial charge on any atom is 0.449 e. The van der Waals surface area contributed by atoms with Gasteiger partial charge in [0.15, 0.2) is 0 Å². The third-order valence-corrected chi connectivity index (χ3v) is 8.10. The number of hydrogen-bond acceptors (Lipinski definition) is 6. The molecular formula is C27H22ClF4N5O5. The highest BCUT2D eigenvalue weighted by molar-refractivity contribution is 6.32. The lowest BCUT2D eigenvalue weighted by Crippen LogP contribution is -2.52. The maximum absolute atomic E-state index is 15.4. The molecule has 1 atom stereocenters. The van der Waals surface area contributed by atoms with E-state index in [-0.39, 0.29) is 66.0 Å². The van der Waals surface area contributed by atoms with Crippen LogP contribution >= 0.6 is 11.6 Å². The number of fused-ring (bicyclic) bond motifs is 2. The molecule has 1 saturated carbocycles. The van der Waals surface area contributed by atoms with Crippen molar-refractivity contribution >= 4 is 46.4 Å². The Morgan fingerprint density at radius 1 is 1.19 bits per heavy atom. The number of rotatable bonds is 5. The first-order chi connectivity index (χ1) is 19.9. The highest BCUT2D eigenvalue weighted by atomic mass is 35.5. The molecular weight excluding hydrogens is 586 g/mol. The number of para-hydroxylation sites is 2. The molecule has 2 N–H and O–H groups in total. The Bertz CT molecular complexity index is 1650. The predicted octanol–water partition coefficient (Wildman–Crippen LogP) is 4.24. The molecule has 15 heteroatoms. The van der Waals surface area contributed by atoms with E-state index in [1.165, 1.54) is 12.1 Å². The zero-order valence-electron chi connectivity index (χ0n) is 21.6. The summed E-state index contributed by atoms with van der Waals surface area (Å²) in [6.07, 6.45) is -5.87. The lowest BCUT2D eigenvalue weighted by Gasteiger charge is -2.36. The number of amides is 4. The van der Waals surface area contributed by atoms with Gasteiger partial charge in [-0.2, -0.15) is 13.2 Å². The number of imidazole rings is 1. The minimum Gasteiger partial charge on any atom is -0.446 e. The fourth-order valence-corrected chi connectivity index (χ4v) is 5.94. The number of carbonyl (C=O) groups excluding carboxylic acids is 4. The van der Waals surface area contributed by atoms with Gasteiger partial charge in [0.05, 0.1) is 16.6 Å². The summed E-state index contributed by atoms with van der Waals surface area (Å²) in [6, 6.07) is 5.98. The van der Waals surface area contributed by atoms with E-state index in [1.54, 1.807) is 18.2 Å². The number of alkyl halides is 3. The molecule has 1 saturated heterocycles. The van der Waals surface area contributed by atoms with Crippen LogP contribution in [-0.2, 0) is 33.6 Å². The van der Waals surface area contributed by atoms with Crippen molar-refractivity contribution in [1.82, 2.24) is 25.1 Å². The Hall–Kier alpha value is -4.20. The summed E-state index contributed by atoms with van der Waals surface area (Å²) in [5, 5.41) is 4.62. The van der Waals surface area contributed by atoms with Crippen LogP contribution in [0.15, 0.2) is 30.3 Å². The summed E-state index contributed by atoms with van der Waals surface area (Å²) in [7, 11) is 0. The van der Waals surface area contributed by atoms with E-state index in [9.17, 15) is 32.3 Å². The molecule has 3 aliphatic rings. The van der Waals surface area contributed by atoms with Crippen LogP contribution in [0.2, 0.25) is 5.02 Å². The van der Waals surface area contributed by atoms with Gasteiger partial charge in [-0.05, 0) is 24.6 Å². The van der Waals surface area contributed by atoms with Gasteiger partial charge in [-0.25, -0.2) is 14.2 Å². The molecule has 1 aromatic heterocycles. The van der Waals surface area contributed by atoms with Crippen LogP contribution in [0.3, 0.4) is 0 Å². The molecule has 3 aromatic rings. The van der Waals surface area contributed by atoms with Gasteiger partial charge in [0.25, 0.3) is 5.91 Å². The van der Waals surface area contributed by atoms with Gasteiger partial charge in [-0.3, -0.25) is 19.7 Å². The number of imide groups is 1. The second-order valence-electron chi connectivity index (χ2n) is 10.4. The number of carbonyl (C=O) groups is 4. The first-order valence-electron chi connectivity index (χ1n) is 13.1. The normalized spacial score (nSPS) is 22.2. The molecule has 3 heterocycles. The Kier molecular flexibility index (Phi) is 6.83. The molecule has 0 spiro atoms. The Morgan fingerprint density at radius 2 is 1.93 bits per heavy atom. The average molecular weight is 608 g/mol. The molecule has 0 bridgehead atoms. The van der Waals surface area contributed by atoms with Crippen molar-refractivity contribution in [3.05, 3.63) is 63.7 Å². The van der Waals surface area contributed by atoms with Crippen molar-refractivity contribution in [1.29, 1.82) is 0 Å². The van der Waals surface area contributed by atoms with Gasteiger partial charge in [-0.15, -0.1) is 0 Å². The van der Waals surface area contributed by atoms with Gasteiger partial charge in [-0.1, -0.05) is 23.7 Å². The van der Waals surface area contributed by atoms with Crippen LogP contribution in [0.5, 0.6) is 0 Å². The summed E-state index contributed by atoms with van der Waals surface area (Å²) in [5.74, 6) is -3.79.